The fraction of sp³-hybridized carbons (Fsp3) is 0.308. The Kier molecular flexibility index (Phi) is 14.8. The lowest BCUT2D eigenvalue weighted by Gasteiger charge is -2.14. The van der Waals surface area contributed by atoms with Crippen LogP contribution in [0.5, 0.6) is 5.75 Å². The summed E-state index contributed by atoms with van der Waals surface area (Å²) in [6.07, 6.45) is 3.95. The van der Waals surface area contributed by atoms with E-state index in [1.165, 1.54) is 17.2 Å². The second-order valence-corrected chi connectivity index (χ2v) is 9.27. The van der Waals surface area contributed by atoms with Crippen molar-refractivity contribution in [2.24, 2.45) is 0 Å². The zero-order valence-corrected chi connectivity index (χ0v) is 23.4. The highest BCUT2D eigenvalue weighted by molar-refractivity contribution is 7.16. The number of nitrogens with zero attached hydrogens (tertiary/aromatic N) is 1. The van der Waals surface area contributed by atoms with Gasteiger partial charge in [0, 0.05) is 30.5 Å². The molecule has 2 aromatic heterocycles. The number of rotatable bonds is 12. The quantitative estimate of drug-likeness (QED) is 0.156. The molecule has 0 aliphatic rings. The average molecular weight is 588 g/mol. The van der Waals surface area contributed by atoms with Gasteiger partial charge < -0.3 is 25.8 Å². The van der Waals surface area contributed by atoms with Crippen molar-refractivity contribution in [3.8, 4) is 5.75 Å². The van der Waals surface area contributed by atoms with Crippen molar-refractivity contribution < 1.29 is 10.2 Å². The molecule has 0 aliphatic carbocycles. The topological polar surface area (TPSA) is 110 Å². The van der Waals surface area contributed by atoms with Crippen LogP contribution in [0.15, 0.2) is 65.6 Å². The lowest BCUT2D eigenvalue weighted by Crippen LogP contribution is -2.24. The highest BCUT2D eigenvalue weighted by Crippen LogP contribution is 2.31. The summed E-state index contributed by atoms with van der Waals surface area (Å²) >= 11 is 0.999. The number of aliphatic hydroxyl groups is 1. The van der Waals surface area contributed by atoms with E-state index < -0.39 is 6.10 Å². The third kappa shape index (κ3) is 9.57. The molecule has 0 saturated heterocycles. The predicted octanol–water partition coefficient (Wildman–Crippen LogP) is 4.54. The van der Waals surface area contributed by atoms with Crippen LogP contribution in [0.4, 0.5) is 0 Å². The maximum absolute atomic E-state index is 11.7. The van der Waals surface area contributed by atoms with Crippen molar-refractivity contribution in [2.45, 2.75) is 31.9 Å². The number of aromatic nitrogens is 2. The third-order valence-corrected chi connectivity index (χ3v) is 6.64. The minimum Gasteiger partial charge on any atom is -0.506 e. The van der Waals surface area contributed by atoms with Gasteiger partial charge in [-0.25, -0.2) is 0 Å². The van der Waals surface area contributed by atoms with E-state index in [0.717, 1.165) is 55.9 Å². The lowest BCUT2D eigenvalue weighted by molar-refractivity contribution is 0.176. The van der Waals surface area contributed by atoms with Crippen molar-refractivity contribution in [1.29, 1.82) is 0 Å². The van der Waals surface area contributed by atoms with Crippen LogP contribution in [0.1, 0.15) is 34.9 Å². The normalized spacial score (nSPS) is 11.3. The molecule has 0 amide bonds. The van der Waals surface area contributed by atoms with E-state index in [4.69, 9.17) is 0 Å². The van der Waals surface area contributed by atoms with E-state index in [2.05, 4.69) is 50.9 Å². The minimum atomic E-state index is -0.767. The lowest BCUT2D eigenvalue weighted by atomic mass is 10.1. The number of aliphatic hydroxyl groups excluding tert-OH is 1. The number of pyridine rings is 1. The number of aromatic amines is 1. The minimum absolute atomic E-state index is 0. The molecule has 5 N–H and O–H groups in total. The smallest absolute Gasteiger partial charge is 0.305 e. The number of halogens is 3. The standard InChI is InChI=1S/C26H30N4O3S.3ClH/c31-22-10-9-21(25-24(22)30-26(33)34-25)23(32)17-28-14-11-18-5-3-6-19(15-18)16-27-12-4-8-20-7-1-2-13-29-20;;;/h1-3,5-7,9-10,13,15,23,27-28,31-32H,4,8,11-12,14,16-17H2,(H,30,33);3*1H. The number of aryl methyl sites for hydroxylation is 1. The van der Waals surface area contributed by atoms with Crippen molar-refractivity contribution in [3.05, 3.63) is 92.8 Å². The summed E-state index contributed by atoms with van der Waals surface area (Å²) in [5, 5.41) is 27.3. The van der Waals surface area contributed by atoms with Crippen LogP contribution >= 0.6 is 48.6 Å². The number of fused-ring (bicyclic) bond motifs is 1. The molecule has 0 aliphatic heterocycles. The number of thiazole rings is 1. The Labute approximate surface area is 239 Å². The first-order chi connectivity index (χ1) is 16.6. The summed E-state index contributed by atoms with van der Waals surface area (Å²) in [7, 11) is 0. The molecule has 0 saturated carbocycles. The molecule has 0 bridgehead atoms. The monoisotopic (exact) mass is 586 g/mol. The first-order valence-electron chi connectivity index (χ1n) is 11.5. The second-order valence-electron chi connectivity index (χ2n) is 8.28. The van der Waals surface area contributed by atoms with Gasteiger partial charge in [-0.05, 0) is 61.7 Å². The van der Waals surface area contributed by atoms with Gasteiger partial charge in [0.05, 0.1) is 10.8 Å². The first kappa shape index (κ1) is 32.9. The maximum atomic E-state index is 11.7. The van der Waals surface area contributed by atoms with Crippen LogP contribution in [0.2, 0.25) is 0 Å². The fourth-order valence-corrected chi connectivity index (χ4v) is 4.87. The van der Waals surface area contributed by atoms with Crippen LogP contribution in [0, 0.1) is 0 Å². The Morgan fingerprint density at radius 2 is 1.76 bits per heavy atom. The molecule has 7 nitrogen and oxygen atoms in total. The van der Waals surface area contributed by atoms with Crippen LogP contribution in [0.3, 0.4) is 0 Å². The van der Waals surface area contributed by atoms with Gasteiger partial charge in [-0.1, -0.05) is 47.7 Å². The Hall–Kier alpha value is -2.17. The predicted molar refractivity (Wildman–Crippen MR) is 158 cm³/mol. The number of nitrogens with one attached hydrogen (secondary N) is 3. The fourth-order valence-electron chi connectivity index (χ4n) is 3.95. The van der Waals surface area contributed by atoms with Crippen LogP contribution in [-0.2, 0) is 19.4 Å². The van der Waals surface area contributed by atoms with Gasteiger partial charge in [-0.15, -0.1) is 37.2 Å². The third-order valence-electron chi connectivity index (χ3n) is 5.71. The van der Waals surface area contributed by atoms with Gasteiger partial charge in [0.25, 0.3) is 0 Å². The Balaban J connectivity index is 0.00000228. The summed E-state index contributed by atoms with van der Waals surface area (Å²) in [4.78, 5) is 18.4. The molecular formula is C26H33Cl3N4O3S. The number of hydrogen-bond donors (Lipinski definition) is 5. The Morgan fingerprint density at radius 1 is 0.946 bits per heavy atom. The van der Waals surface area contributed by atoms with Crippen molar-refractivity contribution in [1.82, 2.24) is 20.6 Å². The van der Waals surface area contributed by atoms with E-state index in [1.807, 2.05) is 18.3 Å². The zero-order valence-electron chi connectivity index (χ0n) is 20.2. The molecule has 37 heavy (non-hydrogen) atoms. The number of H-pyrrole nitrogens is 1. The van der Waals surface area contributed by atoms with Gasteiger partial charge in [0.1, 0.15) is 11.3 Å². The number of phenolic OH excluding ortho intramolecular Hbond substituents is 1. The maximum Gasteiger partial charge on any atom is 0.305 e. The van der Waals surface area contributed by atoms with Gasteiger partial charge in [-0.3, -0.25) is 9.78 Å². The molecule has 2 aromatic carbocycles. The van der Waals surface area contributed by atoms with E-state index in [0.29, 0.717) is 22.3 Å². The molecule has 0 fully saturated rings. The molecule has 1 atom stereocenters. The van der Waals surface area contributed by atoms with E-state index >= 15 is 0 Å². The highest BCUT2D eigenvalue weighted by Gasteiger charge is 2.15. The van der Waals surface area contributed by atoms with Crippen LogP contribution < -0.4 is 15.5 Å². The number of aromatic hydroxyl groups is 1. The summed E-state index contributed by atoms with van der Waals surface area (Å²) in [6.45, 7) is 2.87. The summed E-state index contributed by atoms with van der Waals surface area (Å²) in [5.74, 6) is 0.0137. The van der Waals surface area contributed by atoms with Crippen molar-refractivity contribution in [3.63, 3.8) is 0 Å². The van der Waals surface area contributed by atoms with Crippen LogP contribution in [0.25, 0.3) is 10.2 Å². The molecule has 11 heteroatoms. The van der Waals surface area contributed by atoms with E-state index in [1.54, 1.807) is 6.07 Å². The average Bonchev–Trinajstić information content (AvgIpc) is 3.25. The molecule has 4 aromatic rings. The van der Waals surface area contributed by atoms with Gasteiger partial charge in [-0.2, -0.15) is 0 Å². The Morgan fingerprint density at radius 3 is 2.54 bits per heavy atom. The molecular weight excluding hydrogens is 555 g/mol. The molecule has 2 heterocycles. The van der Waals surface area contributed by atoms with Crippen molar-refractivity contribution in [2.75, 3.05) is 19.6 Å². The number of phenols is 1. The molecule has 1 unspecified atom stereocenters. The first-order valence-corrected chi connectivity index (χ1v) is 12.3. The summed E-state index contributed by atoms with van der Waals surface area (Å²) in [6, 6.07) is 17.7. The molecule has 0 radical (unpaired) electrons. The molecule has 4 rings (SSSR count). The van der Waals surface area contributed by atoms with E-state index in [-0.39, 0.29) is 47.8 Å². The highest BCUT2D eigenvalue weighted by atomic mass is 35.5. The second kappa shape index (κ2) is 16.6. The van der Waals surface area contributed by atoms with Gasteiger partial charge in [0.2, 0.25) is 0 Å². The van der Waals surface area contributed by atoms with Gasteiger partial charge >= 0.3 is 4.87 Å². The van der Waals surface area contributed by atoms with E-state index in [9.17, 15) is 15.0 Å². The largest absolute Gasteiger partial charge is 0.506 e. The van der Waals surface area contributed by atoms with Crippen molar-refractivity contribution >= 4 is 58.8 Å². The number of hydrogen-bond acceptors (Lipinski definition) is 7. The summed E-state index contributed by atoms with van der Waals surface area (Å²) in [5.41, 5.74) is 4.64. The molecule has 202 valence electrons. The van der Waals surface area contributed by atoms with Gasteiger partial charge in [0.15, 0.2) is 0 Å². The SMILES string of the molecule is Cl.Cl.Cl.O=c1[nH]c2c(O)ccc(C(O)CNCCc3cccc(CNCCCc4ccccn4)c3)c2s1. The van der Waals surface area contributed by atoms with Crippen LogP contribution in [-0.4, -0.2) is 39.8 Å². The number of benzene rings is 2. The zero-order chi connectivity index (χ0) is 23.8. The summed E-state index contributed by atoms with van der Waals surface area (Å²) < 4.78 is 0.597. The molecule has 0 spiro atoms. The Bertz CT molecular complexity index is 1270.